The average Bonchev–Trinajstić information content (AvgIpc) is 2.23. The second kappa shape index (κ2) is 7.51. The summed E-state index contributed by atoms with van der Waals surface area (Å²) in [5, 5.41) is 3.31. The van der Waals surface area contributed by atoms with Gasteiger partial charge in [-0.2, -0.15) is 5.48 Å². The summed E-state index contributed by atoms with van der Waals surface area (Å²) in [4.78, 5) is 5.34. The highest BCUT2D eigenvalue weighted by Gasteiger charge is 2.30. The summed E-state index contributed by atoms with van der Waals surface area (Å²) in [6, 6.07) is 0. The van der Waals surface area contributed by atoms with Crippen molar-refractivity contribution in [2.75, 3.05) is 20.1 Å². The first-order chi connectivity index (χ1) is 7.87. The maximum Gasteiger partial charge on any atom is 0.126 e. The lowest BCUT2D eigenvalue weighted by Gasteiger charge is -2.32. The lowest BCUT2D eigenvalue weighted by atomic mass is 9.77. The minimum atomic E-state index is -0.160. The van der Waals surface area contributed by atoms with E-state index in [0.29, 0.717) is 5.92 Å². The lowest BCUT2D eigenvalue weighted by molar-refractivity contribution is 0.0857. The van der Waals surface area contributed by atoms with Gasteiger partial charge >= 0.3 is 0 Å². The maximum atomic E-state index is 5.34. The van der Waals surface area contributed by atoms with E-state index in [1.54, 1.807) is 7.05 Å². The first kappa shape index (κ1) is 16.2. The van der Waals surface area contributed by atoms with E-state index in [2.05, 4.69) is 58.1 Å². The van der Waals surface area contributed by atoms with E-state index in [0.717, 1.165) is 18.8 Å². The van der Waals surface area contributed by atoms with Gasteiger partial charge in [-0.1, -0.05) is 39.0 Å². The second-order valence-electron chi connectivity index (χ2n) is 4.98. The molecule has 2 N–H and O–H groups in total. The third kappa shape index (κ3) is 4.92. The molecule has 0 heterocycles. The van der Waals surface area contributed by atoms with Crippen molar-refractivity contribution in [3.05, 3.63) is 24.0 Å². The molecule has 0 aliphatic carbocycles. The van der Waals surface area contributed by atoms with E-state index in [1.807, 2.05) is 0 Å². The molecule has 3 nitrogen and oxygen atoms in total. The molecule has 0 saturated carbocycles. The molecule has 0 radical (unpaired) electrons. The highest BCUT2D eigenvalue weighted by Crippen LogP contribution is 2.37. The topological polar surface area (TPSA) is 33.3 Å². The molecule has 0 atom stereocenters. The number of hydrogen-bond acceptors (Lipinski definition) is 3. The molecule has 0 fully saturated rings. The molecule has 0 spiro atoms. The van der Waals surface area contributed by atoms with Crippen LogP contribution in [-0.2, 0) is 4.84 Å². The van der Waals surface area contributed by atoms with Gasteiger partial charge in [0.05, 0.1) is 0 Å². The number of hydrogen-bond donors (Lipinski definition) is 2. The van der Waals surface area contributed by atoms with Crippen molar-refractivity contribution in [3.63, 3.8) is 0 Å². The first-order valence-corrected chi connectivity index (χ1v) is 6.32. The van der Waals surface area contributed by atoms with E-state index in [1.165, 1.54) is 5.57 Å². The molecular weight excluding hydrogens is 212 g/mol. The Morgan fingerprint density at radius 1 is 1.41 bits per heavy atom. The monoisotopic (exact) mass is 240 g/mol. The zero-order valence-corrected chi connectivity index (χ0v) is 12.2. The summed E-state index contributed by atoms with van der Waals surface area (Å²) in [6.45, 7) is 16.7. The van der Waals surface area contributed by atoms with E-state index < -0.39 is 0 Å². The van der Waals surface area contributed by atoms with Crippen molar-refractivity contribution in [2.45, 2.75) is 34.6 Å². The van der Waals surface area contributed by atoms with Crippen LogP contribution in [0.4, 0.5) is 0 Å². The van der Waals surface area contributed by atoms with Crippen LogP contribution in [0.2, 0.25) is 0 Å². The molecule has 0 aliphatic rings. The van der Waals surface area contributed by atoms with Gasteiger partial charge in [-0.3, -0.25) is 0 Å². The van der Waals surface area contributed by atoms with Gasteiger partial charge in [0, 0.05) is 19.0 Å². The van der Waals surface area contributed by atoms with Crippen LogP contribution < -0.4 is 10.8 Å². The van der Waals surface area contributed by atoms with Crippen molar-refractivity contribution in [2.24, 2.45) is 11.3 Å². The van der Waals surface area contributed by atoms with Crippen LogP contribution in [0.1, 0.15) is 34.6 Å². The Morgan fingerprint density at radius 2 is 2.00 bits per heavy atom. The number of hydroxylamine groups is 1. The molecule has 0 aromatic heterocycles. The molecule has 3 heteroatoms. The molecule has 17 heavy (non-hydrogen) atoms. The fraction of sp³-hybridized carbons (Fsp3) is 0.714. The summed E-state index contributed by atoms with van der Waals surface area (Å²) in [5.41, 5.74) is 3.88. The smallest absolute Gasteiger partial charge is 0.126 e. The zero-order valence-electron chi connectivity index (χ0n) is 12.2. The summed E-state index contributed by atoms with van der Waals surface area (Å²) in [6.07, 6.45) is 2.25. The van der Waals surface area contributed by atoms with E-state index in [4.69, 9.17) is 4.84 Å². The molecule has 0 saturated heterocycles. The third-order valence-electron chi connectivity index (χ3n) is 2.98. The van der Waals surface area contributed by atoms with Gasteiger partial charge < -0.3 is 10.2 Å². The van der Waals surface area contributed by atoms with Crippen LogP contribution in [0, 0.1) is 11.3 Å². The van der Waals surface area contributed by atoms with Crippen molar-refractivity contribution in [3.8, 4) is 0 Å². The lowest BCUT2D eigenvalue weighted by Crippen LogP contribution is -2.26. The molecule has 0 rings (SSSR count). The SMILES string of the molecule is C=C(ONC)C(C)(C)/C(=C/CNCC)C(C)C. The normalized spacial score (nSPS) is 13.0. The summed E-state index contributed by atoms with van der Waals surface area (Å²) >= 11 is 0. The number of nitrogens with one attached hydrogen (secondary N) is 2. The van der Waals surface area contributed by atoms with Crippen molar-refractivity contribution in [1.82, 2.24) is 10.8 Å². The fourth-order valence-corrected chi connectivity index (χ4v) is 1.95. The minimum absolute atomic E-state index is 0.160. The number of rotatable bonds is 8. The van der Waals surface area contributed by atoms with E-state index >= 15 is 0 Å². The van der Waals surface area contributed by atoms with Crippen LogP contribution >= 0.6 is 0 Å². The van der Waals surface area contributed by atoms with Crippen LogP contribution in [0.15, 0.2) is 24.0 Å². The Bertz CT molecular complexity index is 267. The van der Waals surface area contributed by atoms with Gasteiger partial charge in [-0.05, 0) is 26.3 Å². The van der Waals surface area contributed by atoms with Gasteiger partial charge in [0.2, 0.25) is 0 Å². The predicted molar refractivity (Wildman–Crippen MR) is 74.5 cm³/mol. The highest BCUT2D eigenvalue weighted by atomic mass is 16.6. The molecule has 0 unspecified atom stereocenters. The molecule has 0 aromatic carbocycles. The molecule has 0 aliphatic heterocycles. The molecule has 0 aromatic rings. The van der Waals surface area contributed by atoms with Gasteiger partial charge in [0.1, 0.15) is 5.76 Å². The Balaban J connectivity index is 4.90. The van der Waals surface area contributed by atoms with Crippen LogP contribution in [-0.4, -0.2) is 20.1 Å². The minimum Gasteiger partial charge on any atom is -0.413 e. The summed E-state index contributed by atoms with van der Waals surface area (Å²) in [5.74, 6) is 1.22. The molecule has 0 bridgehead atoms. The van der Waals surface area contributed by atoms with Crippen LogP contribution in [0.25, 0.3) is 0 Å². The van der Waals surface area contributed by atoms with Crippen molar-refractivity contribution >= 4 is 0 Å². The second-order valence-corrected chi connectivity index (χ2v) is 4.98. The Hall–Kier alpha value is -0.800. The summed E-state index contributed by atoms with van der Waals surface area (Å²) < 4.78 is 0. The zero-order chi connectivity index (χ0) is 13.5. The van der Waals surface area contributed by atoms with Gasteiger partial charge in [0.25, 0.3) is 0 Å². The van der Waals surface area contributed by atoms with Crippen molar-refractivity contribution in [1.29, 1.82) is 0 Å². The van der Waals surface area contributed by atoms with E-state index in [9.17, 15) is 0 Å². The quantitative estimate of drug-likeness (QED) is 0.296. The summed E-state index contributed by atoms with van der Waals surface area (Å²) in [7, 11) is 1.75. The maximum absolute atomic E-state index is 5.34. The Morgan fingerprint density at radius 3 is 2.41 bits per heavy atom. The van der Waals surface area contributed by atoms with Crippen molar-refractivity contribution < 1.29 is 4.84 Å². The molecule has 100 valence electrons. The average molecular weight is 240 g/mol. The van der Waals surface area contributed by atoms with E-state index in [-0.39, 0.29) is 5.41 Å². The Labute approximate surface area is 106 Å². The largest absolute Gasteiger partial charge is 0.413 e. The molecule has 0 amide bonds. The van der Waals surface area contributed by atoms with Gasteiger partial charge in [-0.25, -0.2) is 0 Å². The van der Waals surface area contributed by atoms with Gasteiger partial charge in [-0.15, -0.1) is 0 Å². The van der Waals surface area contributed by atoms with Crippen LogP contribution in [0.5, 0.6) is 0 Å². The van der Waals surface area contributed by atoms with Crippen LogP contribution in [0.3, 0.4) is 0 Å². The standard InChI is InChI=1S/C14H28N2O/c1-8-16-10-9-13(11(2)3)14(5,6)12(4)17-15-7/h9,11,15-16H,4,8,10H2,1-3,5-7H3/b13-9+. The van der Waals surface area contributed by atoms with Gasteiger partial charge in [0.15, 0.2) is 0 Å². The molecular formula is C14H28N2O. The Kier molecular flexibility index (Phi) is 7.16. The predicted octanol–water partition coefficient (Wildman–Crippen LogP) is 2.87. The highest BCUT2D eigenvalue weighted by molar-refractivity contribution is 5.24. The third-order valence-corrected chi connectivity index (χ3v) is 2.98. The first-order valence-electron chi connectivity index (χ1n) is 6.32. The number of likely N-dealkylation sites (N-methyl/N-ethyl adjacent to an activating group) is 1. The number of allylic oxidation sites excluding steroid dienone is 1. The fourth-order valence-electron chi connectivity index (χ4n) is 1.95.